The van der Waals surface area contributed by atoms with Crippen LogP contribution in [-0.4, -0.2) is 83.9 Å². The highest BCUT2D eigenvalue weighted by molar-refractivity contribution is 5.76. The third-order valence-electron chi connectivity index (χ3n) is 11.3. The molecule has 4 bridgehead atoms. The average Bonchev–Trinajstić information content (AvgIpc) is 3.55. The molecule has 3 saturated carbocycles. The molecule has 6 atom stereocenters. The van der Waals surface area contributed by atoms with Crippen molar-refractivity contribution < 1.29 is 14.6 Å². The van der Waals surface area contributed by atoms with Gasteiger partial charge in [-0.3, -0.25) is 4.90 Å². The van der Waals surface area contributed by atoms with Gasteiger partial charge in [-0.1, -0.05) is 6.07 Å². The third-order valence-corrected chi connectivity index (χ3v) is 11.3. The number of carbonyl (C=O) groups is 1. The first-order valence-electron chi connectivity index (χ1n) is 13.8. The van der Waals surface area contributed by atoms with Crippen molar-refractivity contribution >= 4 is 6.03 Å². The number of morpholine rings is 1. The van der Waals surface area contributed by atoms with E-state index in [-0.39, 0.29) is 11.4 Å². The summed E-state index contributed by atoms with van der Waals surface area (Å²) in [6, 6.07) is 7.49. The molecule has 0 radical (unpaired) electrons. The Morgan fingerprint density at radius 3 is 2.79 bits per heavy atom. The Kier molecular flexibility index (Phi) is 4.15. The molecule has 1 aromatic rings. The van der Waals surface area contributed by atoms with Gasteiger partial charge in [-0.15, -0.1) is 0 Å². The highest BCUT2D eigenvalue weighted by Gasteiger charge is 2.76. The molecule has 1 N–H and O–H groups in total. The monoisotopic (exact) mass is 463 g/mol. The molecule has 34 heavy (non-hydrogen) atoms. The van der Waals surface area contributed by atoms with Crippen LogP contribution in [0.3, 0.4) is 0 Å². The molecular weight excluding hydrogens is 426 g/mol. The van der Waals surface area contributed by atoms with E-state index in [1.165, 1.54) is 56.3 Å². The summed E-state index contributed by atoms with van der Waals surface area (Å²) in [5.41, 5.74) is 3.37. The number of aromatic hydroxyl groups is 1. The average molecular weight is 464 g/mol. The van der Waals surface area contributed by atoms with E-state index in [0.29, 0.717) is 48.3 Å². The number of rotatable bonds is 2. The quantitative estimate of drug-likeness (QED) is 0.732. The molecule has 6 heteroatoms. The predicted octanol–water partition coefficient (Wildman–Crippen LogP) is 3.22. The van der Waals surface area contributed by atoms with E-state index in [1.807, 2.05) is 11.0 Å². The van der Waals surface area contributed by atoms with Crippen molar-refractivity contribution in [1.82, 2.24) is 14.7 Å². The summed E-state index contributed by atoms with van der Waals surface area (Å²) in [4.78, 5) is 20.9. The van der Waals surface area contributed by atoms with Crippen molar-refractivity contribution in [2.45, 2.75) is 62.4 Å². The van der Waals surface area contributed by atoms with Gasteiger partial charge in [0.15, 0.2) is 0 Å². The van der Waals surface area contributed by atoms with Gasteiger partial charge in [0.1, 0.15) is 5.75 Å². The Morgan fingerprint density at radius 1 is 1.12 bits per heavy atom. The number of amides is 2. The normalized spacial score (nSPS) is 42.5. The molecular formula is C28H37N3O3. The van der Waals surface area contributed by atoms with Gasteiger partial charge in [0.2, 0.25) is 0 Å². The van der Waals surface area contributed by atoms with Crippen LogP contribution in [0.1, 0.15) is 49.7 Å². The van der Waals surface area contributed by atoms with Gasteiger partial charge in [-0.25, -0.2) is 4.79 Å². The molecule has 6 fully saturated rings. The Morgan fingerprint density at radius 2 is 1.97 bits per heavy atom. The van der Waals surface area contributed by atoms with E-state index >= 15 is 0 Å². The number of nitrogens with zero attached hydrogens (tertiary/aromatic N) is 3. The smallest absolute Gasteiger partial charge is 0.320 e. The lowest BCUT2D eigenvalue weighted by atomic mass is 9.43. The second-order valence-corrected chi connectivity index (χ2v) is 12.5. The van der Waals surface area contributed by atoms with Crippen molar-refractivity contribution in [3.63, 3.8) is 0 Å². The fourth-order valence-corrected chi connectivity index (χ4v) is 10.1. The number of hydrogen-bond donors (Lipinski definition) is 1. The number of urea groups is 1. The molecule has 5 unspecified atom stereocenters. The number of piperidine rings is 1. The summed E-state index contributed by atoms with van der Waals surface area (Å²) in [7, 11) is 0. The second-order valence-electron chi connectivity index (χ2n) is 12.5. The Bertz CT molecular complexity index is 1040. The molecule has 7 aliphatic rings. The highest BCUT2D eigenvalue weighted by atomic mass is 16.5. The van der Waals surface area contributed by atoms with Crippen LogP contribution < -0.4 is 0 Å². The van der Waals surface area contributed by atoms with Crippen LogP contribution in [0.5, 0.6) is 5.75 Å². The number of hydrogen-bond acceptors (Lipinski definition) is 4. The molecule has 3 aliphatic heterocycles. The van der Waals surface area contributed by atoms with Crippen molar-refractivity contribution in [2.24, 2.45) is 23.2 Å². The highest BCUT2D eigenvalue weighted by Crippen LogP contribution is 2.75. The summed E-state index contributed by atoms with van der Waals surface area (Å²) >= 11 is 0. The van der Waals surface area contributed by atoms with Gasteiger partial charge in [-0.2, -0.15) is 0 Å². The molecule has 3 heterocycles. The number of phenols is 1. The van der Waals surface area contributed by atoms with Gasteiger partial charge in [0.05, 0.1) is 13.2 Å². The van der Waals surface area contributed by atoms with E-state index in [1.54, 1.807) is 0 Å². The topological polar surface area (TPSA) is 56.2 Å². The molecule has 6 nitrogen and oxygen atoms in total. The van der Waals surface area contributed by atoms with Crippen LogP contribution in [0, 0.1) is 23.2 Å². The van der Waals surface area contributed by atoms with Gasteiger partial charge in [0.25, 0.3) is 0 Å². The van der Waals surface area contributed by atoms with Crippen molar-refractivity contribution in [3.8, 4) is 5.75 Å². The van der Waals surface area contributed by atoms with Crippen LogP contribution in [-0.2, 0) is 16.6 Å². The van der Waals surface area contributed by atoms with E-state index in [2.05, 4.69) is 21.9 Å². The minimum Gasteiger partial charge on any atom is -0.508 e. The maximum atomic E-state index is 13.7. The first-order valence-corrected chi connectivity index (χ1v) is 13.8. The lowest BCUT2D eigenvalue weighted by Crippen LogP contribution is -2.70. The lowest BCUT2D eigenvalue weighted by Gasteiger charge is -2.66. The second kappa shape index (κ2) is 6.91. The Balaban J connectivity index is 1.22. The van der Waals surface area contributed by atoms with Gasteiger partial charge in [-0.05, 0) is 97.9 Å². The number of carbonyl (C=O) groups excluding carboxylic acids is 1. The van der Waals surface area contributed by atoms with Crippen LogP contribution >= 0.6 is 0 Å². The molecule has 0 aromatic heterocycles. The fraction of sp³-hybridized carbons (Fsp3) is 0.750. The molecule has 3 saturated heterocycles. The molecule has 2 amide bonds. The minimum absolute atomic E-state index is 0.123. The molecule has 0 spiro atoms. The van der Waals surface area contributed by atoms with Crippen molar-refractivity contribution in [2.75, 3.05) is 45.9 Å². The van der Waals surface area contributed by atoms with E-state index < -0.39 is 0 Å². The molecule has 182 valence electrons. The van der Waals surface area contributed by atoms with E-state index in [4.69, 9.17) is 4.74 Å². The summed E-state index contributed by atoms with van der Waals surface area (Å²) in [6.45, 7) is 6.17. The zero-order chi connectivity index (χ0) is 22.7. The number of fused-ring (bicyclic) bond motifs is 1. The molecule has 4 aliphatic carbocycles. The summed E-state index contributed by atoms with van der Waals surface area (Å²) in [6.07, 6.45) is 8.82. The fourth-order valence-electron chi connectivity index (χ4n) is 10.1. The predicted molar refractivity (Wildman–Crippen MR) is 128 cm³/mol. The van der Waals surface area contributed by atoms with Crippen LogP contribution in [0.2, 0.25) is 0 Å². The lowest BCUT2D eigenvalue weighted by molar-refractivity contribution is -0.102. The van der Waals surface area contributed by atoms with Gasteiger partial charge < -0.3 is 19.6 Å². The van der Waals surface area contributed by atoms with Gasteiger partial charge >= 0.3 is 6.03 Å². The van der Waals surface area contributed by atoms with E-state index in [0.717, 1.165) is 38.4 Å². The summed E-state index contributed by atoms with van der Waals surface area (Å²) < 4.78 is 5.52. The van der Waals surface area contributed by atoms with Crippen LogP contribution in [0.15, 0.2) is 18.2 Å². The van der Waals surface area contributed by atoms with Crippen LogP contribution in [0.25, 0.3) is 0 Å². The first kappa shape index (κ1) is 20.4. The number of phenolic OH excluding ortho intramolecular Hbond substituents is 1. The number of ether oxygens (including phenoxy) is 1. The zero-order valence-electron chi connectivity index (χ0n) is 20.1. The first-order chi connectivity index (χ1) is 16.6. The van der Waals surface area contributed by atoms with Crippen molar-refractivity contribution in [1.29, 1.82) is 0 Å². The summed E-state index contributed by atoms with van der Waals surface area (Å²) in [5, 5.41) is 10.6. The van der Waals surface area contributed by atoms with Gasteiger partial charge in [0, 0.05) is 43.7 Å². The largest absolute Gasteiger partial charge is 0.508 e. The Hall–Kier alpha value is -1.79. The molecule has 8 rings (SSSR count). The maximum Gasteiger partial charge on any atom is 0.320 e. The third kappa shape index (κ3) is 2.47. The zero-order valence-corrected chi connectivity index (χ0v) is 20.1. The minimum atomic E-state index is 0.123. The van der Waals surface area contributed by atoms with Crippen molar-refractivity contribution in [3.05, 3.63) is 29.3 Å². The standard InChI is InChI=1S/C28H37N3O3/c32-21-4-3-19-13-24-27-6-5-23-25(20(15-27)17-31(23)26(33)29-9-11-34-12-10-29)28(27,22(19)14-21)7-8-30(24)16-18-1-2-18/h3-4,14,18,20,23-25,32H,1-2,5-13,15-17H2/t20-,23?,24?,25?,27?,28?/m1/s1. The Labute approximate surface area is 202 Å². The number of likely N-dealkylation sites (tertiary alicyclic amines) is 2. The summed E-state index contributed by atoms with van der Waals surface area (Å²) in [5.74, 6) is 2.47. The van der Waals surface area contributed by atoms with E-state index in [9.17, 15) is 9.90 Å². The molecule has 1 aromatic carbocycles. The maximum absolute atomic E-state index is 13.7. The SMILES string of the molecule is O=C(N1CCOCC1)N1C[C@H]2CC34CCC1C2C31CCN(CC2CC2)C4Cc2ccc(O)cc21. The van der Waals surface area contributed by atoms with Crippen LogP contribution in [0.4, 0.5) is 4.79 Å². The number of benzene rings is 1.